The van der Waals surface area contributed by atoms with Crippen LogP contribution in [0.25, 0.3) is 0 Å². The Morgan fingerprint density at radius 2 is 1.65 bits per heavy atom. The van der Waals surface area contributed by atoms with Crippen LogP contribution < -0.4 is 19.5 Å². The van der Waals surface area contributed by atoms with Gasteiger partial charge in [0.1, 0.15) is 0 Å². The summed E-state index contributed by atoms with van der Waals surface area (Å²) in [5.41, 5.74) is 3.26. The van der Waals surface area contributed by atoms with Crippen LogP contribution in [0.2, 0.25) is 0 Å². The van der Waals surface area contributed by atoms with Crippen LogP contribution in [-0.2, 0) is 11.2 Å². The zero-order valence-electron chi connectivity index (χ0n) is 16.1. The van der Waals surface area contributed by atoms with Gasteiger partial charge in [-0.15, -0.1) is 0 Å². The molecule has 5 heteroatoms. The quantitative estimate of drug-likeness (QED) is 0.780. The molecule has 0 radical (unpaired) electrons. The van der Waals surface area contributed by atoms with Crippen LogP contribution >= 0.6 is 0 Å². The lowest BCUT2D eigenvalue weighted by Gasteiger charge is -2.17. The van der Waals surface area contributed by atoms with Crippen molar-refractivity contribution in [1.29, 1.82) is 0 Å². The molecule has 0 aliphatic heterocycles. The Bertz CT molecular complexity index is 732. The Balaban J connectivity index is 2.02. The minimum Gasteiger partial charge on any atom is -0.493 e. The fraction of sp³-hybridized carbons (Fsp3) is 0.381. The highest BCUT2D eigenvalue weighted by Gasteiger charge is 2.15. The molecule has 0 aliphatic carbocycles. The summed E-state index contributed by atoms with van der Waals surface area (Å²) in [4.78, 5) is 12.3. The third kappa shape index (κ3) is 4.69. The summed E-state index contributed by atoms with van der Waals surface area (Å²) in [6, 6.07) is 11.8. The second kappa shape index (κ2) is 9.13. The molecule has 5 nitrogen and oxygen atoms in total. The minimum atomic E-state index is -0.0244. The molecule has 2 aromatic rings. The number of carbonyl (C=O) groups excluding carboxylic acids is 1. The highest BCUT2D eigenvalue weighted by atomic mass is 16.5. The van der Waals surface area contributed by atoms with E-state index in [9.17, 15) is 4.79 Å². The predicted octanol–water partition coefficient (Wildman–Crippen LogP) is 3.83. The van der Waals surface area contributed by atoms with Crippen molar-refractivity contribution in [3.63, 3.8) is 0 Å². The lowest BCUT2D eigenvalue weighted by atomic mass is 10.0. The number of amides is 1. The first-order valence-electron chi connectivity index (χ1n) is 8.64. The fourth-order valence-electron chi connectivity index (χ4n) is 3.00. The summed E-state index contributed by atoms with van der Waals surface area (Å²) in [6.07, 6.45) is 0.970. The molecule has 0 heterocycles. The van der Waals surface area contributed by atoms with Crippen LogP contribution in [0.3, 0.4) is 0 Å². The molecule has 0 saturated carbocycles. The lowest BCUT2D eigenvalue weighted by molar-refractivity contribution is -0.121. The topological polar surface area (TPSA) is 56.8 Å². The standard InChI is InChI=1S/C21H27NO4/c1-14-8-6-7-9-17(14)15(2)22-20(23)11-10-16-12-18(24-3)21(26-5)19(13-16)25-4/h6-9,12-13,15H,10-11H2,1-5H3,(H,22,23). The number of carbonyl (C=O) groups is 1. The molecule has 0 fully saturated rings. The van der Waals surface area contributed by atoms with Crippen molar-refractivity contribution >= 4 is 5.91 Å². The third-order valence-electron chi connectivity index (χ3n) is 4.40. The Kier molecular flexibility index (Phi) is 6.89. The summed E-state index contributed by atoms with van der Waals surface area (Å²) in [5, 5.41) is 3.06. The van der Waals surface area contributed by atoms with E-state index in [-0.39, 0.29) is 11.9 Å². The van der Waals surface area contributed by atoms with Crippen molar-refractivity contribution < 1.29 is 19.0 Å². The van der Waals surface area contributed by atoms with E-state index in [0.717, 1.165) is 11.1 Å². The van der Waals surface area contributed by atoms with E-state index in [2.05, 4.69) is 5.32 Å². The van der Waals surface area contributed by atoms with Gasteiger partial charge in [-0.05, 0) is 49.1 Å². The van der Waals surface area contributed by atoms with Gasteiger partial charge in [-0.1, -0.05) is 24.3 Å². The van der Waals surface area contributed by atoms with Gasteiger partial charge in [0.05, 0.1) is 27.4 Å². The molecule has 1 amide bonds. The van der Waals surface area contributed by atoms with E-state index >= 15 is 0 Å². The van der Waals surface area contributed by atoms with E-state index in [1.54, 1.807) is 21.3 Å². The van der Waals surface area contributed by atoms with Crippen LogP contribution in [0.4, 0.5) is 0 Å². The molecule has 1 unspecified atom stereocenters. The van der Waals surface area contributed by atoms with Crippen molar-refractivity contribution in [2.75, 3.05) is 21.3 Å². The van der Waals surface area contributed by atoms with Crippen molar-refractivity contribution in [2.45, 2.75) is 32.7 Å². The maximum Gasteiger partial charge on any atom is 0.220 e. The molecule has 26 heavy (non-hydrogen) atoms. The van der Waals surface area contributed by atoms with Crippen molar-refractivity contribution in [1.82, 2.24) is 5.32 Å². The van der Waals surface area contributed by atoms with Crippen LogP contribution in [0, 0.1) is 6.92 Å². The van der Waals surface area contributed by atoms with Crippen molar-refractivity contribution in [3.8, 4) is 17.2 Å². The summed E-state index contributed by atoms with van der Waals surface area (Å²) in [6.45, 7) is 4.05. The number of methoxy groups -OCH3 is 3. The Labute approximate surface area is 155 Å². The van der Waals surface area contributed by atoms with E-state index in [1.165, 1.54) is 5.56 Å². The van der Waals surface area contributed by atoms with Gasteiger partial charge in [0, 0.05) is 6.42 Å². The average molecular weight is 357 g/mol. The van der Waals surface area contributed by atoms with Crippen molar-refractivity contribution in [3.05, 3.63) is 53.1 Å². The molecule has 2 rings (SSSR count). The van der Waals surface area contributed by atoms with E-state index in [1.807, 2.05) is 50.2 Å². The number of ether oxygens (including phenoxy) is 3. The van der Waals surface area contributed by atoms with E-state index in [4.69, 9.17) is 14.2 Å². The van der Waals surface area contributed by atoms with Gasteiger partial charge in [0.25, 0.3) is 0 Å². The first kappa shape index (κ1) is 19.6. The molecule has 0 spiro atoms. The molecule has 0 aliphatic rings. The Morgan fingerprint density at radius 1 is 1.04 bits per heavy atom. The molecular weight excluding hydrogens is 330 g/mol. The van der Waals surface area contributed by atoms with Gasteiger partial charge in [0.2, 0.25) is 11.7 Å². The molecule has 0 bridgehead atoms. The van der Waals surface area contributed by atoms with Gasteiger partial charge >= 0.3 is 0 Å². The number of aryl methyl sites for hydroxylation is 2. The fourth-order valence-corrected chi connectivity index (χ4v) is 3.00. The number of benzene rings is 2. The second-order valence-corrected chi connectivity index (χ2v) is 6.18. The zero-order valence-corrected chi connectivity index (χ0v) is 16.1. The lowest BCUT2D eigenvalue weighted by Crippen LogP contribution is -2.27. The normalized spacial score (nSPS) is 11.6. The number of hydrogen-bond acceptors (Lipinski definition) is 4. The van der Waals surface area contributed by atoms with Crippen LogP contribution in [0.15, 0.2) is 36.4 Å². The predicted molar refractivity (Wildman–Crippen MR) is 102 cm³/mol. The molecule has 0 saturated heterocycles. The van der Waals surface area contributed by atoms with Crippen LogP contribution in [-0.4, -0.2) is 27.2 Å². The molecule has 2 aromatic carbocycles. The Morgan fingerprint density at radius 3 is 2.19 bits per heavy atom. The smallest absolute Gasteiger partial charge is 0.220 e. The summed E-state index contributed by atoms with van der Waals surface area (Å²) >= 11 is 0. The number of rotatable bonds is 8. The molecule has 0 aromatic heterocycles. The molecule has 140 valence electrons. The first-order chi connectivity index (χ1) is 12.5. The maximum absolute atomic E-state index is 12.3. The van der Waals surface area contributed by atoms with E-state index in [0.29, 0.717) is 30.1 Å². The largest absolute Gasteiger partial charge is 0.493 e. The van der Waals surface area contributed by atoms with Crippen LogP contribution in [0.5, 0.6) is 17.2 Å². The first-order valence-corrected chi connectivity index (χ1v) is 8.64. The van der Waals surface area contributed by atoms with E-state index < -0.39 is 0 Å². The summed E-state index contributed by atoms with van der Waals surface area (Å²) < 4.78 is 16.0. The highest BCUT2D eigenvalue weighted by Crippen LogP contribution is 2.38. The van der Waals surface area contributed by atoms with Crippen LogP contribution in [0.1, 0.15) is 36.1 Å². The molecule has 1 atom stereocenters. The number of hydrogen-bond donors (Lipinski definition) is 1. The van der Waals surface area contributed by atoms with Gasteiger partial charge in [-0.3, -0.25) is 4.79 Å². The second-order valence-electron chi connectivity index (χ2n) is 6.18. The zero-order chi connectivity index (χ0) is 19.1. The monoisotopic (exact) mass is 357 g/mol. The van der Waals surface area contributed by atoms with Gasteiger partial charge in [-0.2, -0.15) is 0 Å². The van der Waals surface area contributed by atoms with Gasteiger partial charge in [0.15, 0.2) is 11.5 Å². The third-order valence-corrected chi connectivity index (χ3v) is 4.40. The minimum absolute atomic E-state index is 0.00880. The van der Waals surface area contributed by atoms with Gasteiger partial charge < -0.3 is 19.5 Å². The van der Waals surface area contributed by atoms with Gasteiger partial charge in [-0.25, -0.2) is 0 Å². The average Bonchev–Trinajstić information content (AvgIpc) is 2.65. The summed E-state index contributed by atoms with van der Waals surface area (Å²) in [7, 11) is 4.73. The summed E-state index contributed by atoms with van der Waals surface area (Å²) in [5.74, 6) is 1.75. The molecular formula is C21H27NO4. The SMILES string of the molecule is COc1cc(CCC(=O)NC(C)c2ccccc2C)cc(OC)c1OC. The maximum atomic E-state index is 12.3. The number of nitrogens with one attached hydrogen (secondary N) is 1. The molecule has 1 N–H and O–H groups in total. The Hall–Kier alpha value is -2.69. The highest BCUT2D eigenvalue weighted by molar-refractivity contribution is 5.76. The van der Waals surface area contributed by atoms with Crippen molar-refractivity contribution in [2.24, 2.45) is 0 Å².